The minimum atomic E-state index is -0.521. The molecule has 1 heterocycles. The molecule has 0 bridgehead atoms. The van der Waals surface area contributed by atoms with Crippen molar-refractivity contribution < 1.29 is 14.3 Å². The van der Waals surface area contributed by atoms with Gasteiger partial charge in [0.25, 0.3) is 0 Å². The zero-order valence-corrected chi connectivity index (χ0v) is 15.3. The fourth-order valence-corrected chi connectivity index (χ4v) is 3.85. The zero-order valence-electron chi connectivity index (χ0n) is 15.3. The molecule has 1 aromatic rings. The van der Waals surface area contributed by atoms with Gasteiger partial charge in [0.2, 0.25) is 11.8 Å². The molecular weight excluding hydrogens is 330 g/mol. The lowest BCUT2D eigenvalue weighted by atomic mass is 9.79. The van der Waals surface area contributed by atoms with Crippen LogP contribution in [0.3, 0.4) is 0 Å². The fraction of sp³-hybridized carbons (Fsp3) is 0.600. The molecule has 0 atom stereocenters. The van der Waals surface area contributed by atoms with E-state index in [4.69, 9.17) is 10.5 Å². The van der Waals surface area contributed by atoms with E-state index in [2.05, 4.69) is 10.6 Å². The van der Waals surface area contributed by atoms with E-state index in [-0.39, 0.29) is 17.7 Å². The van der Waals surface area contributed by atoms with Gasteiger partial charge in [-0.3, -0.25) is 9.59 Å². The first kappa shape index (κ1) is 18.9. The Morgan fingerprint density at radius 3 is 2.62 bits per heavy atom. The van der Waals surface area contributed by atoms with Gasteiger partial charge >= 0.3 is 0 Å². The highest BCUT2D eigenvalue weighted by molar-refractivity contribution is 5.92. The molecule has 0 spiro atoms. The summed E-state index contributed by atoms with van der Waals surface area (Å²) >= 11 is 0. The van der Waals surface area contributed by atoms with Crippen LogP contribution >= 0.6 is 0 Å². The van der Waals surface area contributed by atoms with Crippen LogP contribution < -0.4 is 16.4 Å². The number of carbonyl (C=O) groups is 2. The van der Waals surface area contributed by atoms with Crippen molar-refractivity contribution in [2.45, 2.75) is 45.1 Å². The molecule has 0 unspecified atom stereocenters. The first-order chi connectivity index (χ1) is 12.6. The van der Waals surface area contributed by atoms with Gasteiger partial charge in [0.1, 0.15) is 0 Å². The van der Waals surface area contributed by atoms with E-state index in [1.54, 1.807) is 0 Å². The molecule has 0 aromatic heterocycles. The topological polar surface area (TPSA) is 93.5 Å². The van der Waals surface area contributed by atoms with E-state index in [0.717, 1.165) is 36.9 Å². The van der Waals surface area contributed by atoms with Gasteiger partial charge in [0.05, 0.1) is 5.41 Å². The molecule has 6 nitrogen and oxygen atoms in total. The standard InChI is InChI=1S/C20H29N3O3/c21-14-20(8-10-26-11-9-20)19(25)22-13-15-4-3-7-17(12-15)23-18(24)16-5-1-2-6-16/h3-4,7,12,16H,1-2,5-6,8-11,13-14,21H2,(H,22,25)(H,23,24). The van der Waals surface area contributed by atoms with Crippen LogP contribution in [0.5, 0.6) is 0 Å². The Kier molecular flexibility index (Phi) is 6.27. The molecule has 3 rings (SSSR count). The van der Waals surface area contributed by atoms with Gasteiger partial charge in [-0.15, -0.1) is 0 Å². The molecule has 4 N–H and O–H groups in total. The fourth-order valence-electron chi connectivity index (χ4n) is 3.85. The van der Waals surface area contributed by atoms with Gasteiger partial charge < -0.3 is 21.1 Å². The summed E-state index contributed by atoms with van der Waals surface area (Å²) in [5.41, 5.74) is 7.11. The molecule has 1 aliphatic carbocycles. The number of carbonyl (C=O) groups excluding carboxylic acids is 2. The summed E-state index contributed by atoms with van der Waals surface area (Å²) < 4.78 is 5.36. The van der Waals surface area contributed by atoms with Crippen LogP contribution in [0, 0.1) is 11.3 Å². The molecule has 1 aliphatic heterocycles. The minimum Gasteiger partial charge on any atom is -0.381 e. The Morgan fingerprint density at radius 1 is 1.19 bits per heavy atom. The highest BCUT2D eigenvalue weighted by Gasteiger charge is 2.38. The normalized spacial score (nSPS) is 19.9. The number of hydrogen-bond acceptors (Lipinski definition) is 4. The van der Waals surface area contributed by atoms with Crippen molar-refractivity contribution in [1.82, 2.24) is 5.32 Å². The van der Waals surface area contributed by atoms with E-state index in [1.807, 2.05) is 24.3 Å². The van der Waals surface area contributed by atoms with Crippen LogP contribution in [-0.4, -0.2) is 31.6 Å². The molecule has 6 heteroatoms. The molecule has 1 saturated heterocycles. The van der Waals surface area contributed by atoms with Gasteiger partial charge in [0.15, 0.2) is 0 Å². The Bertz CT molecular complexity index is 635. The van der Waals surface area contributed by atoms with Crippen LogP contribution in [0.1, 0.15) is 44.1 Å². The average Bonchev–Trinajstić information content (AvgIpc) is 3.22. The van der Waals surface area contributed by atoms with Crippen molar-refractivity contribution in [3.8, 4) is 0 Å². The summed E-state index contributed by atoms with van der Waals surface area (Å²) in [7, 11) is 0. The largest absolute Gasteiger partial charge is 0.381 e. The molecule has 26 heavy (non-hydrogen) atoms. The highest BCUT2D eigenvalue weighted by atomic mass is 16.5. The molecule has 2 fully saturated rings. The molecule has 1 aromatic carbocycles. The molecule has 2 aliphatic rings. The van der Waals surface area contributed by atoms with Crippen LogP contribution in [0.2, 0.25) is 0 Å². The summed E-state index contributed by atoms with van der Waals surface area (Å²) in [6.45, 7) is 1.91. The van der Waals surface area contributed by atoms with E-state index in [1.165, 1.54) is 0 Å². The molecule has 2 amide bonds. The average molecular weight is 359 g/mol. The molecule has 142 valence electrons. The number of nitrogens with one attached hydrogen (secondary N) is 2. The van der Waals surface area contributed by atoms with E-state index < -0.39 is 5.41 Å². The molecular formula is C20H29N3O3. The number of ether oxygens (including phenoxy) is 1. The predicted molar refractivity (Wildman–Crippen MR) is 100 cm³/mol. The van der Waals surface area contributed by atoms with Gasteiger partial charge in [-0.05, 0) is 43.4 Å². The number of anilines is 1. The third-order valence-corrected chi connectivity index (χ3v) is 5.70. The van der Waals surface area contributed by atoms with Crippen molar-refractivity contribution in [1.29, 1.82) is 0 Å². The quantitative estimate of drug-likeness (QED) is 0.726. The lowest BCUT2D eigenvalue weighted by Gasteiger charge is -2.34. The number of hydrogen-bond donors (Lipinski definition) is 3. The Balaban J connectivity index is 1.56. The molecule has 0 radical (unpaired) electrons. The maximum Gasteiger partial charge on any atom is 0.227 e. The van der Waals surface area contributed by atoms with Gasteiger partial charge in [-0.25, -0.2) is 0 Å². The summed E-state index contributed by atoms with van der Waals surface area (Å²) in [5.74, 6) is 0.230. The maximum absolute atomic E-state index is 12.6. The van der Waals surface area contributed by atoms with Crippen LogP contribution in [0.25, 0.3) is 0 Å². The third kappa shape index (κ3) is 4.43. The zero-order chi connectivity index (χ0) is 18.4. The number of benzene rings is 1. The van der Waals surface area contributed by atoms with Crippen LogP contribution in [0.15, 0.2) is 24.3 Å². The molecule has 1 saturated carbocycles. The minimum absolute atomic E-state index is 0.0105. The van der Waals surface area contributed by atoms with Crippen LogP contribution in [-0.2, 0) is 20.9 Å². The summed E-state index contributed by atoms with van der Waals surface area (Å²) in [4.78, 5) is 24.9. The Labute approximate surface area is 154 Å². The smallest absolute Gasteiger partial charge is 0.227 e. The lowest BCUT2D eigenvalue weighted by molar-refractivity contribution is -0.136. The van der Waals surface area contributed by atoms with Crippen molar-refractivity contribution in [2.75, 3.05) is 25.1 Å². The second kappa shape index (κ2) is 8.64. The van der Waals surface area contributed by atoms with Crippen molar-refractivity contribution >= 4 is 17.5 Å². The third-order valence-electron chi connectivity index (χ3n) is 5.70. The van der Waals surface area contributed by atoms with E-state index >= 15 is 0 Å². The van der Waals surface area contributed by atoms with Crippen molar-refractivity contribution in [3.63, 3.8) is 0 Å². The van der Waals surface area contributed by atoms with Crippen molar-refractivity contribution in [3.05, 3.63) is 29.8 Å². The summed E-state index contributed by atoms with van der Waals surface area (Å²) in [6, 6.07) is 7.66. The van der Waals surface area contributed by atoms with Gasteiger partial charge in [0, 0.05) is 37.9 Å². The predicted octanol–water partition coefficient (Wildman–Crippen LogP) is 2.19. The SMILES string of the molecule is NCC1(C(=O)NCc2cccc(NC(=O)C3CCCC3)c2)CCOCC1. The second-order valence-corrected chi connectivity index (χ2v) is 7.45. The van der Waals surface area contributed by atoms with E-state index in [9.17, 15) is 9.59 Å². The monoisotopic (exact) mass is 359 g/mol. The summed E-state index contributed by atoms with van der Waals surface area (Å²) in [5, 5.41) is 6.01. The lowest BCUT2D eigenvalue weighted by Crippen LogP contribution is -2.48. The highest BCUT2D eigenvalue weighted by Crippen LogP contribution is 2.30. The van der Waals surface area contributed by atoms with Gasteiger partial charge in [-0.2, -0.15) is 0 Å². The first-order valence-electron chi connectivity index (χ1n) is 9.59. The first-order valence-corrected chi connectivity index (χ1v) is 9.59. The van der Waals surface area contributed by atoms with E-state index in [0.29, 0.717) is 39.1 Å². The number of amides is 2. The number of nitrogens with two attached hydrogens (primary N) is 1. The Morgan fingerprint density at radius 2 is 1.92 bits per heavy atom. The Hall–Kier alpha value is -1.92. The van der Waals surface area contributed by atoms with Crippen molar-refractivity contribution in [2.24, 2.45) is 17.1 Å². The maximum atomic E-state index is 12.6. The van der Waals surface area contributed by atoms with Crippen LogP contribution in [0.4, 0.5) is 5.69 Å². The van der Waals surface area contributed by atoms with Gasteiger partial charge in [-0.1, -0.05) is 25.0 Å². The number of rotatable bonds is 6. The second-order valence-electron chi connectivity index (χ2n) is 7.45. The summed E-state index contributed by atoms with van der Waals surface area (Å²) in [6.07, 6.45) is 5.55.